The topological polar surface area (TPSA) is 113 Å². The van der Waals surface area contributed by atoms with Crippen LogP contribution in [0.4, 0.5) is 17.1 Å². The molecule has 0 aliphatic carbocycles. The van der Waals surface area contributed by atoms with E-state index in [2.05, 4.69) is 12.2 Å². The Morgan fingerprint density at radius 2 is 1.94 bits per heavy atom. The number of nitrogens with zero attached hydrogens (tertiary/aromatic N) is 3. The lowest BCUT2D eigenvalue weighted by Crippen LogP contribution is -2.34. The molecule has 0 saturated carbocycles. The lowest BCUT2D eigenvalue weighted by atomic mass is 9.99. The second-order valence-corrected chi connectivity index (χ2v) is 10.5. The van der Waals surface area contributed by atoms with Crippen molar-refractivity contribution in [1.29, 1.82) is 0 Å². The van der Waals surface area contributed by atoms with Crippen LogP contribution in [0, 0.1) is 23.0 Å². The Morgan fingerprint density at radius 3 is 2.56 bits per heavy atom. The number of sulfonamides is 1. The second kappa shape index (κ2) is 9.25. The predicted octanol–water partition coefficient (Wildman–Crippen LogP) is 3.64. The highest BCUT2D eigenvalue weighted by atomic mass is 32.2. The van der Waals surface area contributed by atoms with Gasteiger partial charge in [0.05, 0.1) is 9.82 Å². The van der Waals surface area contributed by atoms with Crippen molar-refractivity contribution in [3.05, 3.63) is 57.6 Å². The molecule has 0 aromatic heterocycles. The molecule has 9 nitrogen and oxygen atoms in total. The number of anilines is 2. The van der Waals surface area contributed by atoms with Crippen molar-refractivity contribution >= 4 is 33.0 Å². The number of nitrogens with one attached hydrogen (secondary N) is 1. The monoisotopic (exact) mass is 460 g/mol. The van der Waals surface area contributed by atoms with Crippen LogP contribution in [0.15, 0.2) is 41.3 Å². The van der Waals surface area contributed by atoms with E-state index in [-0.39, 0.29) is 21.8 Å². The number of carbonyl (C=O) groups is 1. The van der Waals surface area contributed by atoms with Crippen molar-refractivity contribution in [1.82, 2.24) is 4.31 Å². The van der Waals surface area contributed by atoms with Gasteiger partial charge >= 0.3 is 0 Å². The maximum absolute atomic E-state index is 12.8. The summed E-state index contributed by atoms with van der Waals surface area (Å²) in [5.74, 6) is -0.107. The fraction of sp³-hybridized carbons (Fsp3) is 0.409. The van der Waals surface area contributed by atoms with Gasteiger partial charge in [-0.1, -0.05) is 13.0 Å². The Bertz CT molecular complexity index is 1150. The van der Waals surface area contributed by atoms with Gasteiger partial charge in [0.25, 0.3) is 11.6 Å². The lowest BCUT2D eigenvalue weighted by molar-refractivity contribution is -0.384. The van der Waals surface area contributed by atoms with Crippen LogP contribution in [0.5, 0.6) is 0 Å². The van der Waals surface area contributed by atoms with Crippen molar-refractivity contribution in [3.8, 4) is 0 Å². The Labute approximate surface area is 188 Å². The fourth-order valence-electron chi connectivity index (χ4n) is 3.84. The first-order valence-electron chi connectivity index (χ1n) is 10.4. The van der Waals surface area contributed by atoms with Gasteiger partial charge in [0.1, 0.15) is 5.69 Å². The van der Waals surface area contributed by atoms with E-state index in [1.54, 1.807) is 31.2 Å². The zero-order chi connectivity index (χ0) is 23.6. The summed E-state index contributed by atoms with van der Waals surface area (Å²) in [5, 5.41) is 14.4. The largest absolute Gasteiger partial charge is 0.366 e. The van der Waals surface area contributed by atoms with Crippen LogP contribution in [-0.4, -0.2) is 50.7 Å². The number of carbonyl (C=O) groups excluding carboxylic acids is 1. The van der Waals surface area contributed by atoms with Crippen LogP contribution in [0.25, 0.3) is 0 Å². The van der Waals surface area contributed by atoms with Gasteiger partial charge in [-0.25, -0.2) is 12.7 Å². The molecule has 1 heterocycles. The average Bonchev–Trinajstić information content (AvgIpc) is 2.74. The molecule has 2 aromatic carbocycles. The third kappa shape index (κ3) is 4.91. The molecule has 0 spiro atoms. The smallest absolute Gasteiger partial charge is 0.293 e. The van der Waals surface area contributed by atoms with Gasteiger partial charge in [-0.2, -0.15) is 0 Å². The molecule has 10 heteroatoms. The number of rotatable bonds is 6. The molecule has 2 aromatic rings. The summed E-state index contributed by atoms with van der Waals surface area (Å²) >= 11 is 0. The molecule has 1 amide bonds. The molecule has 1 atom stereocenters. The van der Waals surface area contributed by atoms with Gasteiger partial charge in [0.2, 0.25) is 10.0 Å². The molecule has 1 saturated heterocycles. The molecular weight excluding hydrogens is 432 g/mol. The lowest BCUT2D eigenvalue weighted by Gasteiger charge is -2.32. The summed E-state index contributed by atoms with van der Waals surface area (Å²) in [5.41, 5.74) is 1.35. The van der Waals surface area contributed by atoms with Gasteiger partial charge in [-0.05, 0) is 55.5 Å². The maximum Gasteiger partial charge on any atom is 0.293 e. The Hall–Kier alpha value is -2.98. The van der Waals surface area contributed by atoms with Crippen molar-refractivity contribution in [2.75, 3.05) is 37.4 Å². The van der Waals surface area contributed by atoms with Gasteiger partial charge in [0, 0.05) is 44.5 Å². The highest BCUT2D eigenvalue weighted by Crippen LogP contribution is 2.33. The Kier molecular flexibility index (Phi) is 6.85. The van der Waals surface area contributed by atoms with E-state index in [9.17, 15) is 23.3 Å². The summed E-state index contributed by atoms with van der Waals surface area (Å²) in [4.78, 5) is 26.1. The van der Waals surface area contributed by atoms with Crippen LogP contribution in [0.1, 0.15) is 35.7 Å². The van der Waals surface area contributed by atoms with Gasteiger partial charge in [-0.3, -0.25) is 14.9 Å². The minimum atomic E-state index is -3.68. The Balaban J connectivity index is 1.89. The highest BCUT2D eigenvalue weighted by Gasteiger charge is 2.26. The van der Waals surface area contributed by atoms with E-state index < -0.39 is 20.9 Å². The van der Waals surface area contributed by atoms with Gasteiger partial charge in [0.15, 0.2) is 0 Å². The summed E-state index contributed by atoms with van der Waals surface area (Å²) in [6.45, 7) is 5.26. The molecule has 1 N–H and O–H groups in total. The van der Waals surface area contributed by atoms with Crippen molar-refractivity contribution < 1.29 is 18.1 Å². The van der Waals surface area contributed by atoms with E-state index >= 15 is 0 Å². The maximum atomic E-state index is 12.8. The first-order chi connectivity index (χ1) is 15.0. The number of nitro groups is 1. The van der Waals surface area contributed by atoms with Crippen LogP contribution < -0.4 is 10.2 Å². The summed E-state index contributed by atoms with van der Waals surface area (Å²) < 4.78 is 26.2. The van der Waals surface area contributed by atoms with Crippen LogP contribution in [0.2, 0.25) is 0 Å². The normalized spacial score (nSPS) is 16.8. The van der Waals surface area contributed by atoms with Crippen LogP contribution >= 0.6 is 0 Å². The molecule has 1 unspecified atom stereocenters. The van der Waals surface area contributed by atoms with Gasteiger partial charge in [-0.15, -0.1) is 0 Å². The number of nitro benzene ring substituents is 1. The predicted molar refractivity (Wildman–Crippen MR) is 124 cm³/mol. The van der Waals surface area contributed by atoms with Crippen molar-refractivity contribution in [2.45, 2.75) is 31.6 Å². The summed E-state index contributed by atoms with van der Waals surface area (Å²) in [6, 6.07) is 9.04. The summed E-state index contributed by atoms with van der Waals surface area (Å²) in [7, 11) is -0.815. The van der Waals surface area contributed by atoms with Crippen LogP contribution in [-0.2, 0) is 10.0 Å². The quantitative estimate of drug-likeness (QED) is 0.520. The average molecular weight is 461 g/mol. The second-order valence-electron chi connectivity index (χ2n) is 8.38. The number of aryl methyl sites for hydroxylation is 1. The van der Waals surface area contributed by atoms with Crippen molar-refractivity contribution in [2.24, 2.45) is 5.92 Å². The molecule has 3 rings (SSSR count). The Morgan fingerprint density at radius 1 is 1.22 bits per heavy atom. The summed E-state index contributed by atoms with van der Waals surface area (Å²) in [6.07, 6.45) is 2.05. The van der Waals surface area contributed by atoms with E-state index in [4.69, 9.17) is 0 Å². The van der Waals surface area contributed by atoms with E-state index in [0.717, 1.165) is 30.2 Å². The molecule has 0 radical (unpaired) electrons. The highest BCUT2D eigenvalue weighted by molar-refractivity contribution is 7.89. The van der Waals surface area contributed by atoms with Crippen molar-refractivity contribution in [3.63, 3.8) is 0 Å². The number of hydrogen-bond donors (Lipinski definition) is 1. The minimum absolute atomic E-state index is 0.0841. The van der Waals surface area contributed by atoms with E-state index in [1.807, 2.05) is 4.90 Å². The van der Waals surface area contributed by atoms with Gasteiger partial charge < -0.3 is 10.2 Å². The van der Waals surface area contributed by atoms with E-state index in [0.29, 0.717) is 17.2 Å². The zero-order valence-corrected chi connectivity index (χ0v) is 19.5. The molecule has 1 aliphatic heterocycles. The first kappa shape index (κ1) is 23.7. The fourth-order valence-corrected chi connectivity index (χ4v) is 4.99. The number of amides is 1. The van der Waals surface area contributed by atoms with Crippen LogP contribution in [0.3, 0.4) is 0 Å². The minimum Gasteiger partial charge on any atom is -0.366 e. The molecule has 172 valence electrons. The number of piperidine rings is 1. The molecule has 0 bridgehead atoms. The molecule has 32 heavy (non-hydrogen) atoms. The SMILES string of the molecule is Cc1ccc(NC(=O)c2ccc(N3CCCC(C)C3)c([N+](=O)[O-])c2)cc1S(=O)(=O)N(C)C. The number of hydrogen-bond acceptors (Lipinski definition) is 6. The molecular formula is C22H28N4O5S. The number of benzene rings is 2. The zero-order valence-electron chi connectivity index (χ0n) is 18.7. The molecule has 1 aliphatic rings. The third-order valence-corrected chi connectivity index (χ3v) is 7.59. The third-order valence-electron chi connectivity index (χ3n) is 5.64. The standard InChI is InChI=1S/C22H28N4O5S/c1-15-6-5-11-25(14-15)19-10-8-17(12-20(19)26(28)29)22(27)23-18-9-7-16(2)21(13-18)32(30,31)24(3)4/h7-10,12-13,15H,5-6,11,14H2,1-4H3,(H,23,27). The molecule has 1 fully saturated rings. The van der Waals surface area contributed by atoms with E-state index in [1.165, 1.54) is 26.2 Å². The first-order valence-corrected chi connectivity index (χ1v) is 11.8.